The van der Waals surface area contributed by atoms with Crippen LogP contribution in [-0.2, 0) is 17.3 Å². The third-order valence-electron chi connectivity index (χ3n) is 10.9. The zero-order valence-corrected chi connectivity index (χ0v) is 28.6. The summed E-state index contributed by atoms with van der Waals surface area (Å²) in [5, 5.41) is 3.63. The van der Waals surface area contributed by atoms with E-state index in [0.29, 0.717) is 0 Å². The number of halogens is 1. The number of benzene rings is 3. The molecule has 0 saturated heterocycles. The van der Waals surface area contributed by atoms with Crippen LogP contribution in [0.1, 0.15) is 96.3 Å². The van der Waals surface area contributed by atoms with Crippen molar-refractivity contribution in [1.29, 1.82) is 0 Å². The summed E-state index contributed by atoms with van der Waals surface area (Å²) in [4.78, 5) is 2.60. The highest BCUT2D eigenvalue weighted by atomic mass is 35.5. The highest BCUT2D eigenvalue weighted by Gasteiger charge is 2.51. The van der Waals surface area contributed by atoms with E-state index in [9.17, 15) is 0 Å². The zero-order valence-electron chi connectivity index (χ0n) is 27.8. The summed E-state index contributed by atoms with van der Waals surface area (Å²) in [6.45, 7) is 13.9. The Balaban J connectivity index is 1.23. The number of anilines is 1. The quantitative estimate of drug-likeness (QED) is 0.217. The first kappa shape index (κ1) is 30.3. The maximum atomic E-state index is 7.26. The molecule has 0 aromatic heterocycles. The average molecular weight is 616 g/mol. The Morgan fingerprint density at radius 2 is 1.69 bits per heavy atom. The van der Waals surface area contributed by atoms with Crippen LogP contribution in [0.25, 0.3) is 10.8 Å². The molecule has 0 bridgehead atoms. The molecule has 3 aromatic rings. The highest BCUT2D eigenvalue weighted by molar-refractivity contribution is 6.32. The van der Waals surface area contributed by atoms with E-state index in [1.54, 1.807) is 5.56 Å². The number of fused-ring (bicyclic) bond motifs is 3. The average Bonchev–Trinajstić information content (AvgIpc) is 3.39. The van der Waals surface area contributed by atoms with Crippen molar-refractivity contribution in [3.63, 3.8) is 0 Å². The van der Waals surface area contributed by atoms with Crippen LogP contribution in [0.4, 0.5) is 11.4 Å². The van der Waals surface area contributed by atoms with Crippen molar-refractivity contribution in [1.82, 2.24) is 0 Å². The third-order valence-corrected chi connectivity index (χ3v) is 11.4. The molecule has 45 heavy (non-hydrogen) atoms. The van der Waals surface area contributed by atoms with E-state index in [4.69, 9.17) is 11.6 Å². The van der Waals surface area contributed by atoms with Crippen molar-refractivity contribution < 1.29 is 4.58 Å². The lowest BCUT2D eigenvalue weighted by Gasteiger charge is -2.38. The number of hydrogen-bond acceptors (Lipinski definition) is 1. The van der Waals surface area contributed by atoms with Crippen LogP contribution in [0.3, 0.4) is 0 Å². The Labute approximate surface area is 275 Å². The Morgan fingerprint density at radius 1 is 0.867 bits per heavy atom. The molecule has 3 heteroatoms. The molecular weight excluding hydrogens is 568 g/mol. The van der Waals surface area contributed by atoms with Crippen LogP contribution in [0.5, 0.6) is 0 Å². The molecule has 0 N–H and O–H groups in total. The standard InChI is InChI=1S/C42H48ClN2/c1-6-8-26-44-35-23-20-29-14-10-11-18-33(29)39(35)41(3,4)36(44)24-21-30-15-12-16-31(40(30)43)22-25-37-42(5)28-32-17-13-19-34(38(32)42)45(37)27-9-7-2/h10-11,13-14,17-25H,6-9,12,15-16,26-28H2,1-5H3/q+1. The molecule has 0 saturated carbocycles. The first-order chi connectivity index (χ1) is 21.8. The molecule has 2 heterocycles. The van der Waals surface area contributed by atoms with E-state index in [1.165, 1.54) is 81.5 Å². The van der Waals surface area contributed by atoms with Crippen molar-refractivity contribution in [2.45, 2.75) is 96.8 Å². The van der Waals surface area contributed by atoms with E-state index >= 15 is 0 Å². The van der Waals surface area contributed by atoms with Crippen molar-refractivity contribution in [2.75, 3.05) is 18.0 Å². The van der Waals surface area contributed by atoms with Gasteiger partial charge in [-0.2, -0.15) is 4.58 Å². The van der Waals surface area contributed by atoms with E-state index < -0.39 is 0 Å². The van der Waals surface area contributed by atoms with Crippen LogP contribution >= 0.6 is 11.6 Å². The first-order valence-electron chi connectivity index (χ1n) is 17.3. The second-order valence-corrected chi connectivity index (χ2v) is 14.7. The predicted molar refractivity (Wildman–Crippen MR) is 193 cm³/mol. The Kier molecular flexibility index (Phi) is 7.93. The molecular formula is C42H48ClN2+. The lowest BCUT2D eigenvalue weighted by atomic mass is 9.65. The summed E-state index contributed by atoms with van der Waals surface area (Å²) >= 11 is 7.26. The van der Waals surface area contributed by atoms with Crippen molar-refractivity contribution in [2.24, 2.45) is 0 Å². The Morgan fingerprint density at radius 3 is 2.51 bits per heavy atom. The maximum absolute atomic E-state index is 7.26. The van der Waals surface area contributed by atoms with Gasteiger partial charge in [-0.3, -0.25) is 0 Å². The number of rotatable bonds is 9. The van der Waals surface area contributed by atoms with Gasteiger partial charge in [0.1, 0.15) is 6.54 Å². The molecule has 0 amide bonds. The van der Waals surface area contributed by atoms with Gasteiger partial charge in [0, 0.05) is 52.5 Å². The second-order valence-electron chi connectivity index (χ2n) is 14.3. The number of hydrogen-bond donors (Lipinski definition) is 0. The van der Waals surface area contributed by atoms with Gasteiger partial charge < -0.3 is 4.90 Å². The van der Waals surface area contributed by atoms with Crippen LogP contribution in [0, 0.1) is 0 Å². The van der Waals surface area contributed by atoms with Crippen molar-refractivity contribution in [3.8, 4) is 0 Å². The summed E-state index contributed by atoms with van der Waals surface area (Å²) in [7, 11) is 0. The summed E-state index contributed by atoms with van der Waals surface area (Å²) < 4.78 is 2.58. The number of unbranched alkanes of at least 4 members (excludes halogenated alkanes) is 2. The lowest BCUT2D eigenvalue weighted by molar-refractivity contribution is -0.438. The number of nitrogens with zero attached hydrogens (tertiary/aromatic N) is 2. The van der Waals surface area contributed by atoms with Gasteiger partial charge in [-0.05, 0) is 104 Å². The van der Waals surface area contributed by atoms with Crippen molar-refractivity contribution in [3.05, 3.63) is 117 Å². The number of allylic oxidation sites excluding steroid dienone is 8. The van der Waals surface area contributed by atoms with Gasteiger partial charge in [0.05, 0.1) is 5.41 Å². The maximum Gasteiger partial charge on any atom is 0.210 e. The van der Waals surface area contributed by atoms with E-state index in [0.717, 1.165) is 43.8 Å². The van der Waals surface area contributed by atoms with Crippen molar-refractivity contribution >= 4 is 39.5 Å². The smallest absolute Gasteiger partial charge is 0.210 e. The van der Waals surface area contributed by atoms with Crippen LogP contribution in [0.15, 0.2) is 101 Å². The molecule has 4 aliphatic rings. The van der Waals surface area contributed by atoms with Gasteiger partial charge in [0.2, 0.25) is 5.69 Å². The fraction of sp³-hybridized carbons (Fsp3) is 0.405. The van der Waals surface area contributed by atoms with Gasteiger partial charge in [0.25, 0.3) is 0 Å². The molecule has 7 rings (SSSR count). The fourth-order valence-electron chi connectivity index (χ4n) is 8.60. The van der Waals surface area contributed by atoms with E-state index in [2.05, 4.69) is 123 Å². The normalized spacial score (nSPS) is 23.6. The predicted octanol–water partition coefficient (Wildman–Crippen LogP) is 11.2. The largest absolute Gasteiger partial charge is 0.344 e. The van der Waals surface area contributed by atoms with E-state index in [-0.39, 0.29) is 10.8 Å². The minimum absolute atomic E-state index is 0.0955. The Bertz CT molecular complexity index is 1830. The van der Waals surface area contributed by atoms with Gasteiger partial charge in [0.15, 0.2) is 5.71 Å². The third kappa shape index (κ3) is 4.87. The lowest BCUT2D eigenvalue weighted by Crippen LogP contribution is -2.36. The first-order valence-corrected chi connectivity index (χ1v) is 17.7. The minimum atomic E-state index is -0.0955. The molecule has 2 nitrogen and oxygen atoms in total. The minimum Gasteiger partial charge on any atom is -0.344 e. The zero-order chi connectivity index (χ0) is 31.3. The van der Waals surface area contributed by atoms with Gasteiger partial charge in [-0.25, -0.2) is 0 Å². The van der Waals surface area contributed by atoms with Crippen LogP contribution < -0.4 is 4.90 Å². The molecule has 0 spiro atoms. The molecule has 2 aliphatic heterocycles. The topological polar surface area (TPSA) is 6.25 Å². The van der Waals surface area contributed by atoms with Gasteiger partial charge in [-0.1, -0.05) is 86.8 Å². The van der Waals surface area contributed by atoms with E-state index in [1.807, 2.05) is 0 Å². The summed E-state index contributed by atoms with van der Waals surface area (Å²) in [5.41, 5.74) is 12.7. The van der Waals surface area contributed by atoms with Crippen LogP contribution in [0.2, 0.25) is 0 Å². The summed E-state index contributed by atoms with van der Waals surface area (Å²) in [6, 6.07) is 20.4. The molecule has 0 fully saturated rings. The highest BCUT2D eigenvalue weighted by Crippen LogP contribution is 2.58. The fourth-order valence-corrected chi connectivity index (χ4v) is 8.91. The molecule has 232 valence electrons. The second kappa shape index (κ2) is 11.8. The molecule has 2 aliphatic carbocycles. The van der Waals surface area contributed by atoms with Gasteiger partial charge in [-0.15, -0.1) is 0 Å². The van der Waals surface area contributed by atoms with Gasteiger partial charge >= 0.3 is 0 Å². The molecule has 1 unspecified atom stereocenters. The monoisotopic (exact) mass is 615 g/mol. The summed E-state index contributed by atoms with van der Waals surface area (Å²) in [5.74, 6) is 0. The van der Waals surface area contributed by atoms with Crippen LogP contribution in [-0.4, -0.2) is 23.4 Å². The Hall–Kier alpha value is -3.36. The molecule has 3 aromatic carbocycles. The molecule has 0 radical (unpaired) electrons. The SMILES string of the molecule is CCCCN1/C(=C/C=C2\CCCC(/C=C/C3=[N+](CCCC)c4ccc5ccccc5c4C3(C)C)=C2Cl)C2(C)Cc3cccc1c32. The molecule has 1 atom stereocenters. The summed E-state index contributed by atoms with van der Waals surface area (Å²) in [6.07, 6.45) is 18.6.